The summed E-state index contributed by atoms with van der Waals surface area (Å²) in [6, 6.07) is 7.72. The average molecular weight is 319 g/mol. The number of hydrogen-bond acceptors (Lipinski definition) is 2. The van der Waals surface area contributed by atoms with E-state index >= 15 is 0 Å². The number of rotatable bonds is 4. The predicted octanol–water partition coefficient (Wildman–Crippen LogP) is 3.93. The molecule has 1 atom stereocenters. The van der Waals surface area contributed by atoms with Crippen LogP contribution in [0.1, 0.15) is 31.4 Å². The van der Waals surface area contributed by atoms with Crippen molar-refractivity contribution in [1.82, 2.24) is 14.7 Å². The van der Waals surface area contributed by atoms with Gasteiger partial charge in [0.1, 0.15) is 0 Å². The Hall–Kier alpha value is -2.01. The van der Waals surface area contributed by atoms with E-state index < -0.39 is 0 Å². The highest BCUT2D eigenvalue weighted by atomic mass is 35.5. The molecule has 0 bridgehead atoms. The van der Waals surface area contributed by atoms with Crippen LogP contribution in [0.4, 0.5) is 10.5 Å². The molecule has 0 saturated carbocycles. The largest absolute Gasteiger partial charge is 0.322 e. The van der Waals surface area contributed by atoms with E-state index in [0.29, 0.717) is 5.02 Å². The molecule has 2 amide bonds. The van der Waals surface area contributed by atoms with Gasteiger partial charge in [-0.05, 0) is 30.5 Å². The fraction of sp³-hybridized carbons (Fsp3) is 0.375. The van der Waals surface area contributed by atoms with Crippen LogP contribution in [0.2, 0.25) is 5.02 Å². The van der Waals surface area contributed by atoms with Gasteiger partial charge in [-0.1, -0.05) is 30.7 Å². The monoisotopic (exact) mass is 318 g/mol. The number of halogens is 1. The van der Waals surface area contributed by atoms with E-state index in [1.807, 2.05) is 40.0 Å². The highest BCUT2D eigenvalue weighted by Crippen LogP contribution is 2.34. The van der Waals surface area contributed by atoms with Crippen LogP contribution in [0.3, 0.4) is 0 Å². The number of urea groups is 1. The second kappa shape index (κ2) is 6.40. The first kappa shape index (κ1) is 14.9. The summed E-state index contributed by atoms with van der Waals surface area (Å²) in [4.78, 5) is 14.2. The molecular formula is C16H19ClN4O. The predicted molar refractivity (Wildman–Crippen MR) is 87.1 cm³/mol. The van der Waals surface area contributed by atoms with E-state index in [1.165, 1.54) is 0 Å². The average Bonchev–Trinajstić information content (AvgIpc) is 2.87. The van der Waals surface area contributed by atoms with Crippen LogP contribution in [0, 0.1) is 0 Å². The van der Waals surface area contributed by atoms with Crippen molar-refractivity contribution in [2.75, 3.05) is 11.9 Å². The molecule has 1 aromatic heterocycles. The van der Waals surface area contributed by atoms with Crippen molar-refractivity contribution in [2.45, 2.75) is 32.4 Å². The van der Waals surface area contributed by atoms with E-state index in [4.69, 9.17) is 11.6 Å². The molecule has 22 heavy (non-hydrogen) atoms. The van der Waals surface area contributed by atoms with Crippen LogP contribution in [-0.2, 0) is 6.54 Å². The van der Waals surface area contributed by atoms with E-state index in [1.54, 1.807) is 6.20 Å². The topological polar surface area (TPSA) is 50.2 Å². The van der Waals surface area contributed by atoms with Gasteiger partial charge >= 0.3 is 6.03 Å². The Morgan fingerprint density at radius 3 is 2.82 bits per heavy atom. The van der Waals surface area contributed by atoms with Gasteiger partial charge in [-0.3, -0.25) is 4.68 Å². The minimum Gasteiger partial charge on any atom is -0.317 e. The maximum atomic E-state index is 12.4. The zero-order valence-corrected chi connectivity index (χ0v) is 13.3. The molecule has 6 heteroatoms. The van der Waals surface area contributed by atoms with Crippen LogP contribution in [-0.4, -0.2) is 27.3 Å². The number of nitrogens with zero attached hydrogens (tertiary/aromatic N) is 3. The Morgan fingerprint density at radius 1 is 1.41 bits per heavy atom. The van der Waals surface area contributed by atoms with Crippen molar-refractivity contribution in [2.24, 2.45) is 0 Å². The van der Waals surface area contributed by atoms with Gasteiger partial charge in [-0.25, -0.2) is 4.79 Å². The van der Waals surface area contributed by atoms with Crippen LogP contribution >= 0.6 is 11.6 Å². The third-order valence-corrected chi connectivity index (χ3v) is 4.12. The van der Waals surface area contributed by atoms with E-state index in [0.717, 1.165) is 37.2 Å². The summed E-state index contributed by atoms with van der Waals surface area (Å²) in [5, 5.41) is 7.84. The number of carbonyl (C=O) groups is 1. The zero-order valence-electron chi connectivity index (χ0n) is 12.5. The number of aryl methyl sites for hydroxylation is 1. The molecule has 1 fully saturated rings. The first-order valence-electron chi connectivity index (χ1n) is 7.53. The Labute approximate surface area is 134 Å². The van der Waals surface area contributed by atoms with Crippen LogP contribution in [0.25, 0.3) is 0 Å². The number of aromatic nitrogens is 2. The Bertz CT molecular complexity index is 652. The van der Waals surface area contributed by atoms with Gasteiger partial charge in [0.05, 0.1) is 17.9 Å². The molecule has 116 valence electrons. The molecule has 5 nitrogen and oxygen atoms in total. The lowest BCUT2D eigenvalue weighted by Crippen LogP contribution is -2.47. The second-order valence-electron chi connectivity index (χ2n) is 5.47. The Balaban J connectivity index is 1.63. The molecule has 0 spiro atoms. The molecule has 1 unspecified atom stereocenters. The number of likely N-dealkylation sites (tertiary alicyclic amines) is 1. The number of anilines is 1. The maximum absolute atomic E-state index is 12.4. The van der Waals surface area contributed by atoms with Crippen LogP contribution in [0.15, 0.2) is 36.7 Å². The summed E-state index contributed by atoms with van der Waals surface area (Å²) in [6.45, 7) is 3.71. The molecule has 1 saturated heterocycles. The van der Waals surface area contributed by atoms with Gasteiger partial charge in [-0.15, -0.1) is 0 Å². The smallest absolute Gasteiger partial charge is 0.317 e. The number of carbonyl (C=O) groups excluding carboxylic acids is 1. The van der Waals surface area contributed by atoms with Gasteiger partial charge < -0.3 is 10.2 Å². The summed E-state index contributed by atoms with van der Waals surface area (Å²) in [5.74, 6) is 0. The third kappa shape index (κ3) is 3.09. The van der Waals surface area contributed by atoms with E-state index in [9.17, 15) is 4.79 Å². The van der Waals surface area contributed by atoms with Gasteiger partial charge in [0.2, 0.25) is 0 Å². The number of amides is 2. The van der Waals surface area contributed by atoms with Crippen molar-refractivity contribution >= 4 is 23.3 Å². The first-order chi connectivity index (χ1) is 10.7. The van der Waals surface area contributed by atoms with Crippen LogP contribution < -0.4 is 5.32 Å². The molecule has 0 aliphatic carbocycles. The molecule has 1 aliphatic rings. The normalized spacial score (nSPS) is 17.2. The number of benzene rings is 1. The maximum Gasteiger partial charge on any atom is 0.322 e. The SMILES string of the molecule is CCCn1cc(NC(=O)N2CCC2c2ccc(Cl)cc2)cn1. The molecule has 0 radical (unpaired) electrons. The van der Waals surface area contributed by atoms with E-state index in [-0.39, 0.29) is 12.1 Å². The van der Waals surface area contributed by atoms with Crippen molar-refractivity contribution in [3.63, 3.8) is 0 Å². The van der Waals surface area contributed by atoms with Gasteiger partial charge in [-0.2, -0.15) is 5.10 Å². The fourth-order valence-electron chi connectivity index (χ4n) is 2.64. The standard InChI is InChI=1S/C16H19ClN4O/c1-2-8-20-11-14(10-18-20)19-16(22)21-9-7-15(21)12-3-5-13(17)6-4-12/h3-6,10-11,15H,2,7-9H2,1H3,(H,19,22). The second-order valence-corrected chi connectivity index (χ2v) is 5.91. The fourth-order valence-corrected chi connectivity index (χ4v) is 2.76. The van der Waals surface area contributed by atoms with Crippen LogP contribution in [0.5, 0.6) is 0 Å². The summed E-state index contributed by atoms with van der Waals surface area (Å²) in [6.07, 6.45) is 5.53. The molecule has 3 rings (SSSR count). The summed E-state index contributed by atoms with van der Waals surface area (Å²) >= 11 is 5.91. The highest BCUT2D eigenvalue weighted by Gasteiger charge is 2.33. The van der Waals surface area contributed by atoms with Crippen molar-refractivity contribution in [1.29, 1.82) is 0 Å². The van der Waals surface area contributed by atoms with Gasteiger partial charge in [0, 0.05) is 24.3 Å². The minimum absolute atomic E-state index is 0.0813. The van der Waals surface area contributed by atoms with Gasteiger partial charge in [0.25, 0.3) is 0 Å². The molecule has 1 aromatic carbocycles. The third-order valence-electron chi connectivity index (χ3n) is 3.87. The minimum atomic E-state index is -0.0813. The summed E-state index contributed by atoms with van der Waals surface area (Å²) < 4.78 is 1.84. The van der Waals surface area contributed by atoms with Crippen molar-refractivity contribution in [3.05, 3.63) is 47.2 Å². The van der Waals surface area contributed by atoms with Crippen molar-refractivity contribution in [3.8, 4) is 0 Å². The Kier molecular flexibility index (Phi) is 4.34. The summed E-state index contributed by atoms with van der Waals surface area (Å²) in [7, 11) is 0. The zero-order chi connectivity index (χ0) is 15.5. The van der Waals surface area contributed by atoms with Gasteiger partial charge in [0.15, 0.2) is 0 Å². The summed E-state index contributed by atoms with van der Waals surface area (Å²) in [5.41, 5.74) is 1.85. The quantitative estimate of drug-likeness (QED) is 0.928. The Morgan fingerprint density at radius 2 is 2.18 bits per heavy atom. The first-order valence-corrected chi connectivity index (χ1v) is 7.90. The lowest BCUT2D eigenvalue weighted by atomic mass is 9.95. The number of hydrogen-bond donors (Lipinski definition) is 1. The molecule has 1 aliphatic heterocycles. The lowest BCUT2D eigenvalue weighted by molar-refractivity contribution is 0.126. The molecule has 2 aromatic rings. The molecule has 2 heterocycles. The lowest BCUT2D eigenvalue weighted by Gasteiger charge is -2.41. The molecular weight excluding hydrogens is 300 g/mol. The number of nitrogens with one attached hydrogen (secondary N) is 1. The highest BCUT2D eigenvalue weighted by molar-refractivity contribution is 6.30. The van der Waals surface area contributed by atoms with E-state index in [2.05, 4.69) is 17.3 Å². The van der Waals surface area contributed by atoms with Crippen molar-refractivity contribution < 1.29 is 4.79 Å². The molecule has 1 N–H and O–H groups in total.